The van der Waals surface area contributed by atoms with Crippen LogP contribution >= 0.6 is 0 Å². The van der Waals surface area contributed by atoms with Gasteiger partial charge in [0.1, 0.15) is 0 Å². The Labute approximate surface area is 123 Å². The maximum absolute atomic E-state index is 13.2. The van der Waals surface area contributed by atoms with Crippen LogP contribution in [0.25, 0.3) is 0 Å². The van der Waals surface area contributed by atoms with Crippen molar-refractivity contribution in [2.75, 3.05) is 26.7 Å². The van der Waals surface area contributed by atoms with Crippen molar-refractivity contribution in [3.05, 3.63) is 35.4 Å². The van der Waals surface area contributed by atoms with Gasteiger partial charge in [-0.15, -0.1) is 0 Å². The summed E-state index contributed by atoms with van der Waals surface area (Å²) < 4.78 is 26.1. The van der Waals surface area contributed by atoms with Crippen LogP contribution in [-0.4, -0.2) is 54.3 Å². The maximum atomic E-state index is 13.2. The number of hydrogen-bond acceptors (Lipinski definition) is 3. The van der Waals surface area contributed by atoms with Gasteiger partial charge in [0.25, 0.3) is 0 Å². The highest BCUT2D eigenvalue weighted by Crippen LogP contribution is 2.28. The largest absolute Gasteiger partial charge is 0.299 e. The number of fused-ring (bicyclic) bond motifs is 2. The van der Waals surface area contributed by atoms with E-state index in [0.29, 0.717) is 12.1 Å². The minimum absolute atomic E-state index is 0.144. The first-order valence-electron chi connectivity index (χ1n) is 7.47. The zero-order valence-corrected chi connectivity index (χ0v) is 12.2. The van der Waals surface area contributed by atoms with Crippen molar-refractivity contribution in [1.29, 1.82) is 0 Å². The van der Waals surface area contributed by atoms with Crippen LogP contribution < -0.4 is 0 Å². The lowest BCUT2D eigenvalue weighted by Crippen LogP contribution is -2.38. The third kappa shape index (κ3) is 2.99. The number of likely N-dealkylation sites (N-methyl/N-ethyl adjacent to an activating group) is 1. The summed E-state index contributed by atoms with van der Waals surface area (Å²) in [4.78, 5) is 16.8. The first kappa shape index (κ1) is 14.6. The molecule has 1 aromatic rings. The molecule has 0 N–H and O–H groups in total. The molecular formula is C16H20F2N2O. The van der Waals surface area contributed by atoms with Gasteiger partial charge < -0.3 is 0 Å². The number of carbonyl (C=O) groups excluding carboxylic acids is 1. The van der Waals surface area contributed by atoms with Gasteiger partial charge >= 0.3 is 0 Å². The lowest BCUT2D eigenvalue weighted by atomic mass is 10.1. The number of likely N-dealkylation sites (tertiary alicyclic amines) is 1. The van der Waals surface area contributed by atoms with Gasteiger partial charge in [0.15, 0.2) is 17.4 Å². The van der Waals surface area contributed by atoms with E-state index in [-0.39, 0.29) is 17.9 Å². The van der Waals surface area contributed by atoms with Gasteiger partial charge in [-0.05, 0) is 44.5 Å². The molecule has 3 nitrogen and oxygen atoms in total. The van der Waals surface area contributed by atoms with Crippen molar-refractivity contribution in [3.63, 3.8) is 0 Å². The van der Waals surface area contributed by atoms with Crippen LogP contribution in [0.2, 0.25) is 0 Å². The molecule has 5 heteroatoms. The molecule has 2 saturated heterocycles. The van der Waals surface area contributed by atoms with E-state index in [9.17, 15) is 13.6 Å². The second-order valence-corrected chi connectivity index (χ2v) is 6.13. The molecular weight excluding hydrogens is 274 g/mol. The molecule has 2 fully saturated rings. The molecule has 21 heavy (non-hydrogen) atoms. The van der Waals surface area contributed by atoms with Crippen LogP contribution in [0.3, 0.4) is 0 Å². The Morgan fingerprint density at radius 2 is 1.95 bits per heavy atom. The van der Waals surface area contributed by atoms with Crippen molar-refractivity contribution in [2.45, 2.75) is 31.3 Å². The van der Waals surface area contributed by atoms with E-state index < -0.39 is 11.6 Å². The molecule has 0 saturated carbocycles. The zero-order valence-electron chi connectivity index (χ0n) is 12.2. The van der Waals surface area contributed by atoms with E-state index in [0.717, 1.165) is 31.6 Å². The summed E-state index contributed by atoms with van der Waals surface area (Å²) in [6.07, 6.45) is 3.49. The topological polar surface area (TPSA) is 23.6 Å². The van der Waals surface area contributed by atoms with Crippen molar-refractivity contribution < 1.29 is 13.6 Å². The van der Waals surface area contributed by atoms with E-state index >= 15 is 0 Å². The molecule has 0 spiro atoms. The average Bonchev–Trinajstić information content (AvgIpc) is 2.70. The quantitative estimate of drug-likeness (QED) is 0.799. The van der Waals surface area contributed by atoms with Crippen molar-refractivity contribution >= 4 is 5.78 Å². The molecule has 0 aliphatic carbocycles. The fraction of sp³-hybridized carbons (Fsp3) is 0.562. The summed E-state index contributed by atoms with van der Waals surface area (Å²) in [6.45, 7) is 2.05. The van der Waals surface area contributed by atoms with Crippen molar-refractivity contribution in [2.24, 2.45) is 0 Å². The summed E-state index contributed by atoms with van der Waals surface area (Å²) in [5.41, 5.74) is 0.247. The van der Waals surface area contributed by atoms with E-state index in [1.54, 1.807) is 0 Å². The molecule has 0 radical (unpaired) electrons. The second-order valence-electron chi connectivity index (χ2n) is 6.13. The monoisotopic (exact) mass is 294 g/mol. The summed E-state index contributed by atoms with van der Waals surface area (Å²) in [6, 6.07) is 4.50. The van der Waals surface area contributed by atoms with E-state index in [2.05, 4.69) is 16.8 Å². The molecule has 2 unspecified atom stereocenters. The predicted octanol–water partition coefficient (Wildman–Crippen LogP) is 2.32. The molecule has 2 atom stereocenters. The fourth-order valence-corrected chi connectivity index (χ4v) is 3.49. The molecule has 114 valence electrons. The lowest BCUT2D eigenvalue weighted by Gasteiger charge is -2.25. The average molecular weight is 294 g/mol. The molecule has 2 heterocycles. The van der Waals surface area contributed by atoms with Crippen LogP contribution in [0.1, 0.15) is 29.6 Å². The Balaban J connectivity index is 1.66. The number of nitrogens with zero attached hydrogens (tertiary/aromatic N) is 2. The third-order valence-corrected chi connectivity index (χ3v) is 4.84. The van der Waals surface area contributed by atoms with Crippen LogP contribution in [0.15, 0.2) is 18.2 Å². The number of benzene rings is 1. The minimum atomic E-state index is -0.962. The van der Waals surface area contributed by atoms with Gasteiger partial charge in [0, 0.05) is 30.7 Å². The molecule has 2 aliphatic heterocycles. The Morgan fingerprint density at radius 1 is 1.19 bits per heavy atom. The fourth-order valence-electron chi connectivity index (χ4n) is 3.49. The maximum Gasteiger partial charge on any atom is 0.176 e. The predicted molar refractivity (Wildman–Crippen MR) is 76.3 cm³/mol. The highest BCUT2D eigenvalue weighted by atomic mass is 19.2. The van der Waals surface area contributed by atoms with Gasteiger partial charge in [-0.25, -0.2) is 8.78 Å². The normalized spacial score (nSPS) is 26.8. The molecule has 0 amide bonds. The zero-order chi connectivity index (χ0) is 15.0. The van der Waals surface area contributed by atoms with Gasteiger partial charge in [-0.1, -0.05) is 0 Å². The van der Waals surface area contributed by atoms with E-state index in [1.807, 2.05) is 0 Å². The number of hydrogen-bond donors (Lipinski definition) is 0. The number of carbonyl (C=O) groups is 1. The Hall–Kier alpha value is -1.33. The smallest absolute Gasteiger partial charge is 0.176 e. The van der Waals surface area contributed by atoms with E-state index in [4.69, 9.17) is 0 Å². The van der Waals surface area contributed by atoms with Gasteiger partial charge in [-0.3, -0.25) is 14.6 Å². The third-order valence-electron chi connectivity index (χ3n) is 4.84. The van der Waals surface area contributed by atoms with Gasteiger partial charge in [-0.2, -0.15) is 0 Å². The van der Waals surface area contributed by atoms with Crippen molar-refractivity contribution in [1.82, 2.24) is 9.80 Å². The van der Waals surface area contributed by atoms with Crippen LogP contribution in [0.4, 0.5) is 8.78 Å². The number of ketones is 1. The Kier molecular flexibility index (Phi) is 4.04. The minimum Gasteiger partial charge on any atom is -0.299 e. The Morgan fingerprint density at radius 3 is 2.71 bits per heavy atom. The highest BCUT2D eigenvalue weighted by Gasteiger charge is 2.34. The standard InChI is InChI=1S/C16H20F2N2O/c1-19-12-3-4-13(19)9-20(7-6-12)10-16(21)11-2-5-14(17)15(18)8-11/h2,5,8,12-13H,3-4,6-7,9-10H2,1H3. The van der Waals surface area contributed by atoms with Crippen LogP contribution in [0, 0.1) is 11.6 Å². The van der Waals surface area contributed by atoms with Crippen LogP contribution in [0.5, 0.6) is 0 Å². The molecule has 0 aromatic heterocycles. The van der Waals surface area contributed by atoms with E-state index in [1.165, 1.54) is 18.9 Å². The SMILES string of the molecule is CN1C2CCC1CN(CC(=O)c1ccc(F)c(F)c1)CC2. The molecule has 2 aliphatic rings. The molecule has 2 bridgehead atoms. The van der Waals surface area contributed by atoms with Crippen molar-refractivity contribution in [3.8, 4) is 0 Å². The summed E-state index contributed by atoms with van der Waals surface area (Å²) in [5.74, 6) is -2.02. The highest BCUT2D eigenvalue weighted by molar-refractivity contribution is 5.97. The summed E-state index contributed by atoms with van der Waals surface area (Å²) in [7, 11) is 2.16. The number of rotatable bonds is 3. The lowest BCUT2D eigenvalue weighted by molar-refractivity contribution is 0.0923. The summed E-state index contributed by atoms with van der Waals surface area (Å²) in [5, 5.41) is 0. The number of Topliss-reactive ketones (excluding diaryl/α,β-unsaturated/α-hetero) is 1. The first-order chi connectivity index (χ1) is 10.0. The van der Waals surface area contributed by atoms with Gasteiger partial charge in [0.05, 0.1) is 6.54 Å². The molecule has 3 rings (SSSR count). The Bertz CT molecular complexity index is 549. The van der Waals surface area contributed by atoms with Crippen LogP contribution in [-0.2, 0) is 0 Å². The second kappa shape index (κ2) is 5.81. The molecule has 1 aromatic carbocycles. The number of halogens is 2. The van der Waals surface area contributed by atoms with Gasteiger partial charge in [0.2, 0.25) is 0 Å². The first-order valence-corrected chi connectivity index (χ1v) is 7.47. The summed E-state index contributed by atoms with van der Waals surface area (Å²) >= 11 is 0.